The van der Waals surface area contributed by atoms with Crippen LogP contribution in [0.3, 0.4) is 0 Å². The quantitative estimate of drug-likeness (QED) is 0.619. The topological polar surface area (TPSA) is 30.3 Å². The molecule has 5 heteroatoms. The van der Waals surface area contributed by atoms with E-state index in [-0.39, 0.29) is 11.7 Å². The van der Waals surface area contributed by atoms with Gasteiger partial charge < -0.3 is 4.74 Å². The van der Waals surface area contributed by atoms with Gasteiger partial charge in [-0.15, -0.1) is 0 Å². The second-order valence-electron chi connectivity index (χ2n) is 7.89. The van der Waals surface area contributed by atoms with Gasteiger partial charge in [0.2, 0.25) is 0 Å². The van der Waals surface area contributed by atoms with Crippen LogP contribution in [0.5, 0.6) is 0 Å². The lowest BCUT2D eigenvalue weighted by Gasteiger charge is -2.39. The fourth-order valence-electron chi connectivity index (χ4n) is 4.62. The van der Waals surface area contributed by atoms with Gasteiger partial charge in [-0.25, -0.2) is 4.68 Å². The van der Waals surface area contributed by atoms with Crippen LogP contribution in [-0.2, 0) is 16.9 Å². The standard InChI is InChI=1S/C23H24ClN3O/c1-17-21-8-7-19(24)13-22(21)23(28-17)9-11-26(12-10-23)15-18-14-25-27(16-18)20-5-3-2-4-6-20/h2-8,13-14,16-17H,9-12,15H2,1H3. The van der Waals surface area contributed by atoms with Crippen molar-refractivity contribution >= 4 is 11.6 Å². The van der Waals surface area contributed by atoms with E-state index in [9.17, 15) is 0 Å². The minimum absolute atomic E-state index is 0.142. The zero-order valence-electron chi connectivity index (χ0n) is 16.0. The van der Waals surface area contributed by atoms with E-state index in [0.29, 0.717) is 0 Å². The van der Waals surface area contributed by atoms with Crippen LogP contribution in [0.15, 0.2) is 60.9 Å². The smallest absolute Gasteiger partial charge is 0.0968 e. The summed E-state index contributed by atoms with van der Waals surface area (Å²) in [6.45, 7) is 5.08. The summed E-state index contributed by atoms with van der Waals surface area (Å²) in [5, 5.41) is 5.32. The first-order valence-corrected chi connectivity index (χ1v) is 10.3. The van der Waals surface area contributed by atoms with Crippen LogP contribution < -0.4 is 0 Å². The van der Waals surface area contributed by atoms with Gasteiger partial charge in [-0.3, -0.25) is 4.90 Å². The minimum atomic E-state index is -0.176. The summed E-state index contributed by atoms with van der Waals surface area (Å²) in [5.41, 5.74) is 4.74. The highest BCUT2D eigenvalue weighted by molar-refractivity contribution is 6.30. The summed E-state index contributed by atoms with van der Waals surface area (Å²) in [6, 6.07) is 16.4. The molecule has 0 amide bonds. The van der Waals surface area contributed by atoms with Gasteiger partial charge in [-0.05, 0) is 55.2 Å². The molecule has 2 aliphatic heterocycles. The van der Waals surface area contributed by atoms with Gasteiger partial charge in [-0.2, -0.15) is 5.10 Å². The summed E-state index contributed by atoms with van der Waals surface area (Å²) in [4.78, 5) is 2.49. The van der Waals surface area contributed by atoms with E-state index < -0.39 is 0 Å². The number of likely N-dealkylation sites (tertiary alicyclic amines) is 1. The Morgan fingerprint density at radius 3 is 2.71 bits per heavy atom. The summed E-state index contributed by atoms with van der Waals surface area (Å²) < 4.78 is 8.42. The Labute approximate surface area is 170 Å². The van der Waals surface area contributed by atoms with Gasteiger partial charge in [0.25, 0.3) is 0 Å². The number of nitrogens with zero attached hydrogens (tertiary/aromatic N) is 3. The molecule has 0 N–H and O–H groups in total. The molecule has 1 spiro atoms. The predicted molar refractivity (Wildman–Crippen MR) is 111 cm³/mol. The molecule has 2 aliphatic rings. The molecule has 0 bridgehead atoms. The molecular formula is C23H24ClN3O. The summed E-state index contributed by atoms with van der Waals surface area (Å²) in [5.74, 6) is 0. The molecule has 1 unspecified atom stereocenters. The van der Waals surface area contributed by atoms with E-state index in [1.54, 1.807) is 0 Å². The first kappa shape index (κ1) is 17.9. The van der Waals surface area contributed by atoms with Crippen molar-refractivity contribution in [2.45, 2.75) is 38.0 Å². The summed E-state index contributed by atoms with van der Waals surface area (Å²) in [7, 11) is 0. The second-order valence-corrected chi connectivity index (χ2v) is 8.33. The van der Waals surface area contributed by atoms with Crippen LogP contribution in [0.1, 0.15) is 42.6 Å². The van der Waals surface area contributed by atoms with E-state index in [1.807, 2.05) is 35.1 Å². The Balaban J connectivity index is 1.28. The number of hydrogen-bond donors (Lipinski definition) is 0. The molecule has 0 aliphatic carbocycles. The van der Waals surface area contributed by atoms with E-state index >= 15 is 0 Å². The maximum absolute atomic E-state index is 6.47. The third-order valence-electron chi connectivity index (χ3n) is 6.07. The Bertz CT molecular complexity index is 977. The molecule has 28 heavy (non-hydrogen) atoms. The number of ether oxygens (including phenoxy) is 1. The zero-order valence-corrected chi connectivity index (χ0v) is 16.8. The third-order valence-corrected chi connectivity index (χ3v) is 6.31. The largest absolute Gasteiger partial charge is 0.363 e. The Kier molecular flexibility index (Phi) is 4.50. The van der Waals surface area contributed by atoms with Gasteiger partial charge in [0.1, 0.15) is 0 Å². The van der Waals surface area contributed by atoms with Crippen molar-refractivity contribution < 1.29 is 4.74 Å². The molecule has 3 heterocycles. The van der Waals surface area contributed by atoms with Gasteiger partial charge in [0, 0.05) is 36.4 Å². The third kappa shape index (κ3) is 3.16. The van der Waals surface area contributed by atoms with E-state index in [2.05, 4.69) is 47.4 Å². The monoisotopic (exact) mass is 393 g/mol. The van der Waals surface area contributed by atoms with E-state index in [4.69, 9.17) is 16.3 Å². The first-order chi connectivity index (χ1) is 13.6. The number of para-hydroxylation sites is 1. The average Bonchev–Trinajstić information content (AvgIpc) is 3.28. The maximum Gasteiger partial charge on any atom is 0.0968 e. The SMILES string of the molecule is CC1OC2(CCN(Cc3cnn(-c4ccccc4)c3)CC2)c2cc(Cl)ccc21. The van der Waals surface area contributed by atoms with Crippen molar-refractivity contribution in [2.75, 3.05) is 13.1 Å². The number of hydrogen-bond acceptors (Lipinski definition) is 3. The predicted octanol–water partition coefficient (Wildman–Crippen LogP) is 5.11. The highest BCUT2D eigenvalue weighted by Gasteiger charge is 2.45. The zero-order chi connectivity index (χ0) is 19.1. The number of piperidine rings is 1. The second kappa shape index (κ2) is 7.03. The molecule has 1 aromatic heterocycles. The van der Waals surface area contributed by atoms with Crippen molar-refractivity contribution in [3.8, 4) is 5.69 Å². The number of fused-ring (bicyclic) bond motifs is 2. The molecule has 5 rings (SSSR count). The molecule has 1 saturated heterocycles. The lowest BCUT2D eigenvalue weighted by atomic mass is 9.83. The van der Waals surface area contributed by atoms with Crippen LogP contribution in [-0.4, -0.2) is 27.8 Å². The van der Waals surface area contributed by atoms with Crippen molar-refractivity contribution in [1.82, 2.24) is 14.7 Å². The Morgan fingerprint density at radius 2 is 1.93 bits per heavy atom. The number of halogens is 1. The van der Waals surface area contributed by atoms with Gasteiger partial charge in [0.15, 0.2) is 0 Å². The molecule has 3 aromatic rings. The van der Waals surface area contributed by atoms with Crippen molar-refractivity contribution in [1.29, 1.82) is 0 Å². The summed E-state index contributed by atoms with van der Waals surface area (Å²) in [6.07, 6.45) is 6.24. The molecule has 1 fully saturated rings. The van der Waals surface area contributed by atoms with E-state index in [0.717, 1.165) is 43.2 Å². The van der Waals surface area contributed by atoms with Gasteiger partial charge in [-0.1, -0.05) is 35.9 Å². The fraction of sp³-hybridized carbons (Fsp3) is 0.348. The lowest BCUT2D eigenvalue weighted by Crippen LogP contribution is -2.42. The highest BCUT2D eigenvalue weighted by Crippen LogP contribution is 2.49. The highest BCUT2D eigenvalue weighted by atomic mass is 35.5. The average molecular weight is 394 g/mol. The van der Waals surface area contributed by atoms with Crippen LogP contribution in [0.25, 0.3) is 5.69 Å². The van der Waals surface area contributed by atoms with Crippen molar-refractivity contribution in [3.63, 3.8) is 0 Å². The molecule has 144 valence electrons. The van der Waals surface area contributed by atoms with E-state index in [1.165, 1.54) is 16.7 Å². The normalized spacial score (nSPS) is 21.1. The summed E-state index contributed by atoms with van der Waals surface area (Å²) >= 11 is 6.29. The minimum Gasteiger partial charge on any atom is -0.363 e. The molecule has 4 nitrogen and oxygen atoms in total. The van der Waals surface area contributed by atoms with Crippen molar-refractivity contribution in [3.05, 3.63) is 82.6 Å². The van der Waals surface area contributed by atoms with Crippen LogP contribution in [0, 0.1) is 0 Å². The van der Waals surface area contributed by atoms with Crippen LogP contribution in [0.2, 0.25) is 5.02 Å². The molecule has 2 aromatic carbocycles. The van der Waals surface area contributed by atoms with Crippen LogP contribution in [0.4, 0.5) is 0 Å². The molecule has 0 saturated carbocycles. The fourth-order valence-corrected chi connectivity index (χ4v) is 4.80. The lowest BCUT2D eigenvalue weighted by molar-refractivity contribution is -0.104. The molecule has 0 radical (unpaired) electrons. The van der Waals surface area contributed by atoms with Gasteiger partial charge >= 0.3 is 0 Å². The Morgan fingerprint density at radius 1 is 1.14 bits per heavy atom. The molecule has 1 atom stereocenters. The Hall–Kier alpha value is -2.14. The van der Waals surface area contributed by atoms with Crippen LogP contribution >= 0.6 is 11.6 Å². The van der Waals surface area contributed by atoms with Crippen molar-refractivity contribution in [2.24, 2.45) is 0 Å². The number of benzene rings is 2. The maximum atomic E-state index is 6.47. The molecular weight excluding hydrogens is 370 g/mol. The number of rotatable bonds is 3. The first-order valence-electron chi connectivity index (χ1n) is 9.92. The number of aromatic nitrogens is 2. The van der Waals surface area contributed by atoms with Gasteiger partial charge in [0.05, 0.1) is 23.6 Å².